The molecule has 0 aliphatic carbocycles. The first-order chi connectivity index (χ1) is 18.4. The first-order valence-electron chi connectivity index (χ1n) is 14.0. The summed E-state index contributed by atoms with van der Waals surface area (Å²) in [4.78, 5) is 25.9. The fourth-order valence-electron chi connectivity index (χ4n) is 6.93. The molecule has 1 spiro atoms. The number of piperazine rings is 1. The normalized spacial score (nSPS) is 23.9. The van der Waals surface area contributed by atoms with Crippen molar-refractivity contribution >= 4 is 34.6 Å². The molecule has 4 saturated heterocycles. The number of amides is 1. The molecule has 0 aromatic heterocycles. The van der Waals surface area contributed by atoms with E-state index in [-0.39, 0.29) is 5.91 Å². The average Bonchev–Trinajstić information content (AvgIpc) is 3.24. The largest absolute Gasteiger partial charge is 0.371 e. The zero-order chi connectivity index (χ0) is 26.3. The zero-order valence-electron chi connectivity index (χ0n) is 22.2. The van der Waals surface area contributed by atoms with Gasteiger partial charge < -0.3 is 20.0 Å². The molecular formula is C30H37ClN6O. The minimum absolute atomic E-state index is 0.157. The maximum atomic E-state index is 13.0. The molecule has 8 heteroatoms. The van der Waals surface area contributed by atoms with Crippen molar-refractivity contribution < 1.29 is 4.79 Å². The number of rotatable bonds is 4. The molecule has 6 rings (SSSR count). The van der Waals surface area contributed by atoms with Gasteiger partial charge in [0.1, 0.15) is 0 Å². The van der Waals surface area contributed by atoms with E-state index in [0.717, 1.165) is 83.0 Å². The Balaban J connectivity index is 1.03. The quantitative estimate of drug-likeness (QED) is 0.587. The molecule has 200 valence electrons. The van der Waals surface area contributed by atoms with Crippen LogP contribution >= 0.6 is 11.6 Å². The molecule has 7 nitrogen and oxygen atoms in total. The number of hydrogen-bond acceptors (Lipinski definition) is 5. The third-order valence-corrected chi connectivity index (χ3v) is 9.57. The van der Waals surface area contributed by atoms with Crippen molar-refractivity contribution in [1.82, 2.24) is 15.1 Å². The van der Waals surface area contributed by atoms with Crippen LogP contribution in [0.5, 0.6) is 0 Å². The van der Waals surface area contributed by atoms with Gasteiger partial charge in [-0.25, -0.2) is 4.85 Å². The number of benzene rings is 2. The van der Waals surface area contributed by atoms with E-state index < -0.39 is 0 Å². The van der Waals surface area contributed by atoms with Crippen LogP contribution in [0.4, 0.5) is 17.1 Å². The second-order valence-corrected chi connectivity index (χ2v) is 12.0. The molecular weight excluding hydrogens is 496 g/mol. The van der Waals surface area contributed by atoms with Crippen LogP contribution in [-0.2, 0) is 0 Å². The van der Waals surface area contributed by atoms with Gasteiger partial charge in [-0.05, 0) is 68.0 Å². The Hall–Kier alpha value is -2.79. The molecule has 4 aliphatic rings. The molecule has 2 aromatic rings. The highest BCUT2D eigenvalue weighted by Crippen LogP contribution is 2.46. The van der Waals surface area contributed by atoms with Crippen LogP contribution in [0.1, 0.15) is 36.5 Å². The van der Waals surface area contributed by atoms with E-state index in [1.807, 2.05) is 35.2 Å². The number of nitrogens with one attached hydrogen (secondary N) is 1. The first-order valence-corrected chi connectivity index (χ1v) is 14.4. The standard InChI is InChI=1S/C30H37ClN6O/c1-22-18-30(21-37(22)25-7-8-28(32-2)27(31)17-25)9-13-34(14-10-30)24-5-3-23(4-6-24)29(38)36-19-26(20-36)35-15-11-33-12-16-35/h3-8,17,22,26,33H,9-16,18-21H2,1H3/t22-/m0/s1. The van der Waals surface area contributed by atoms with Gasteiger partial charge in [0, 0.05) is 92.9 Å². The monoisotopic (exact) mass is 532 g/mol. The van der Waals surface area contributed by atoms with Gasteiger partial charge in [0.2, 0.25) is 5.69 Å². The highest BCUT2D eigenvalue weighted by molar-refractivity contribution is 6.33. The smallest absolute Gasteiger partial charge is 0.253 e. The molecule has 4 fully saturated rings. The summed E-state index contributed by atoms with van der Waals surface area (Å²) in [6, 6.07) is 15.1. The first kappa shape index (κ1) is 25.5. The van der Waals surface area contributed by atoms with E-state index in [4.69, 9.17) is 18.2 Å². The number of hydrogen-bond donors (Lipinski definition) is 1. The molecule has 4 aliphatic heterocycles. The van der Waals surface area contributed by atoms with Gasteiger partial charge in [-0.15, -0.1) is 0 Å². The number of nitrogens with zero attached hydrogens (tertiary/aromatic N) is 5. The van der Waals surface area contributed by atoms with Gasteiger partial charge in [0.25, 0.3) is 5.91 Å². The molecule has 2 aromatic carbocycles. The van der Waals surface area contributed by atoms with Crippen LogP contribution in [0, 0.1) is 12.0 Å². The Kier molecular flexibility index (Phi) is 6.98. The summed E-state index contributed by atoms with van der Waals surface area (Å²) in [5.74, 6) is 0.157. The van der Waals surface area contributed by atoms with Crippen molar-refractivity contribution in [3.63, 3.8) is 0 Å². The maximum Gasteiger partial charge on any atom is 0.253 e. The van der Waals surface area contributed by atoms with Gasteiger partial charge >= 0.3 is 0 Å². The van der Waals surface area contributed by atoms with E-state index in [9.17, 15) is 4.79 Å². The number of carbonyl (C=O) groups excluding carboxylic acids is 1. The molecule has 0 bridgehead atoms. The van der Waals surface area contributed by atoms with Crippen molar-refractivity contribution in [2.24, 2.45) is 5.41 Å². The van der Waals surface area contributed by atoms with E-state index in [1.165, 1.54) is 12.1 Å². The van der Waals surface area contributed by atoms with E-state index in [1.54, 1.807) is 0 Å². The molecule has 0 unspecified atom stereocenters. The second-order valence-electron chi connectivity index (χ2n) is 11.6. The van der Waals surface area contributed by atoms with Crippen LogP contribution in [-0.4, -0.2) is 86.7 Å². The lowest BCUT2D eigenvalue weighted by Gasteiger charge is -2.46. The number of anilines is 2. The third-order valence-electron chi connectivity index (χ3n) is 9.27. The molecule has 1 N–H and O–H groups in total. The summed E-state index contributed by atoms with van der Waals surface area (Å²) in [7, 11) is 0. The highest BCUT2D eigenvalue weighted by Gasteiger charge is 2.44. The minimum atomic E-state index is 0.157. The van der Waals surface area contributed by atoms with E-state index >= 15 is 0 Å². The SMILES string of the molecule is [C-]#[N+]c1ccc(N2CC3(CCN(c4ccc(C(=O)N5CC(N6CCNCC6)C5)cc4)CC3)C[C@@H]2C)cc1Cl. The van der Waals surface area contributed by atoms with Crippen LogP contribution in [0.25, 0.3) is 4.85 Å². The predicted molar refractivity (Wildman–Crippen MR) is 154 cm³/mol. The van der Waals surface area contributed by atoms with Gasteiger partial charge in [0.15, 0.2) is 0 Å². The molecule has 0 saturated carbocycles. The Morgan fingerprint density at radius 2 is 1.71 bits per heavy atom. The van der Waals surface area contributed by atoms with Crippen LogP contribution in [0.15, 0.2) is 42.5 Å². The molecule has 1 amide bonds. The van der Waals surface area contributed by atoms with Gasteiger partial charge in [-0.3, -0.25) is 9.69 Å². The highest BCUT2D eigenvalue weighted by atomic mass is 35.5. The number of carbonyl (C=O) groups is 1. The van der Waals surface area contributed by atoms with Crippen molar-refractivity contribution in [3.8, 4) is 0 Å². The second kappa shape index (κ2) is 10.4. The Morgan fingerprint density at radius 3 is 2.37 bits per heavy atom. The summed E-state index contributed by atoms with van der Waals surface area (Å²) in [5, 5.41) is 3.94. The lowest BCUT2D eigenvalue weighted by molar-refractivity contribution is 0.0227. The van der Waals surface area contributed by atoms with Crippen molar-refractivity contribution in [2.75, 3.05) is 68.7 Å². The van der Waals surface area contributed by atoms with E-state index in [2.05, 4.69) is 43.9 Å². The van der Waals surface area contributed by atoms with Crippen LogP contribution < -0.4 is 15.1 Å². The predicted octanol–water partition coefficient (Wildman–Crippen LogP) is 4.51. The van der Waals surface area contributed by atoms with Gasteiger partial charge in [-0.2, -0.15) is 0 Å². The van der Waals surface area contributed by atoms with Crippen molar-refractivity contribution in [2.45, 2.75) is 38.3 Å². The summed E-state index contributed by atoms with van der Waals surface area (Å²) in [6.07, 6.45) is 3.49. The third kappa shape index (κ3) is 4.86. The van der Waals surface area contributed by atoms with Crippen LogP contribution in [0.3, 0.4) is 0 Å². The van der Waals surface area contributed by atoms with Gasteiger partial charge in [0.05, 0.1) is 6.57 Å². The maximum absolute atomic E-state index is 13.0. The number of halogens is 1. The zero-order valence-corrected chi connectivity index (χ0v) is 23.0. The molecule has 1 atom stereocenters. The van der Waals surface area contributed by atoms with Crippen LogP contribution in [0.2, 0.25) is 5.02 Å². The number of piperidine rings is 1. The minimum Gasteiger partial charge on any atom is -0.371 e. The fourth-order valence-corrected chi connectivity index (χ4v) is 7.14. The molecule has 38 heavy (non-hydrogen) atoms. The fraction of sp³-hybridized carbons (Fsp3) is 0.533. The number of likely N-dealkylation sites (tertiary alicyclic amines) is 1. The summed E-state index contributed by atoms with van der Waals surface area (Å²) < 4.78 is 0. The van der Waals surface area contributed by atoms with Crippen molar-refractivity contribution in [3.05, 3.63) is 64.5 Å². The summed E-state index contributed by atoms with van der Waals surface area (Å²) in [6.45, 7) is 18.6. The summed E-state index contributed by atoms with van der Waals surface area (Å²) in [5.41, 5.74) is 3.96. The summed E-state index contributed by atoms with van der Waals surface area (Å²) >= 11 is 6.34. The molecule has 4 heterocycles. The molecule has 0 radical (unpaired) electrons. The Labute approximate surface area is 231 Å². The lowest BCUT2D eigenvalue weighted by atomic mass is 9.76. The lowest BCUT2D eigenvalue weighted by Crippen LogP contribution is -2.63. The van der Waals surface area contributed by atoms with E-state index in [0.29, 0.717) is 28.2 Å². The topological polar surface area (TPSA) is 46.4 Å². The Bertz CT molecular complexity index is 1210. The Morgan fingerprint density at radius 1 is 1.03 bits per heavy atom. The van der Waals surface area contributed by atoms with Gasteiger partial charge in [-0.1, -0.05) is 17.7 Å². The van der Waals surface area contributed by atoms with Crippen molar-refractivity contribution in [1.29, 1.82) is 0 Å². The average molecular weight is 533 g/mol.